The van der Waals surface area contributed by atoms with Gasteiger partial charge in [0.05, 0.1) is 6.10 Å². The quantitative estimate of drug-likeness (QED) is 0.597. The molecule has 1 fully saturated rings. The normalized spacial score (nSPS) is 42.2. The average molecular weight is 220 g/mol. The van der Waals surface area contributed by atoms with E-state index in [1.54, 1.807) is 0 Å². The van der Waals surface area contributed by atoms with Gasteiger partial charge in [0, 0.05) is 7.11 Å². The molecule has 90 valence electrons. The predicted molar refractivity (Wildman–Crippen MR) is 53.1 cm³/mol. The van der Waals surface area contributed by atoms with Crippen molar-refractivity contribution in [3.8, 4) is 0 Å². The van der Waals surface area contributed by atoms with E-state index in [9.17, 15) is 15.3 Å². The van der Waals surface area contributed by atoms with Crippen molar-refractivity contribution in [3.63, 3.8) is 0 Å². The molecule has 5 nitrogen and oxygen atoms in total. The van der Waals surface area contributed by atoms with E-state index in [0.29, 0.717) is 12.3 Å². The molecule has 0 bridgehead atoms. The van der Waals surface area contributed by atoms with E-state index in [1.165, 1.54) is 7.11 Å². The van der Waals surface area contributed by atoms with Crippen LogP contribution in [-0.2, 0) is 9.47 Å². The highest BCUT2D eigenvalue weighted by atomic mass is 16.7. The Labute approximate surface area is 89.6 Å². The second kappa shape index (κ2) is 5.23. The lowest BCUT2D eigenvalue weighted by Gasteiger charge is -2.40. The van der Waals surface area contributed by atoms with Crippen LogP contribution in [-0.4, -0.2) is 53.1 Å². The van der Waals surface area contributed by atoms with Gasteiger partial charge in [-0.2, -0.15) is 0 Å². The Balaban J connectivity index is 2.65. The van der Waals surface area contributed by atoms with Crippen LogP contribution in [0.3, 0.4) is 0 Å². The van der Waals surface area contributed by atoms with Crippen LogP contribution in [0, 0.1) is 5.92 Å². The molecule has 0 aliphatic carbocycles. The minimum atomic E-state index is -1.22. The van der Waals surface area contributed by atoms with E-state index >= 15 is 0 Å². The zero-order valence-electron chi connectivity index (χ0n) is 9.33. The van der Waals surface area contributed by atoms with Gasteiger partial charge in [0.15, 0.2) is 6.29 Å². The maximum absolute atomic E-state index is 9.68. The summed E-state index contributed by atoms with van der Waals surface area (Å²) in [5.41, 5.74) is 0. The Hall–Kier alpha value is -0.200. The lowest BCUT2D eigenvalue weighted by molar-refractivity contribution is -0.291. The van der Waals surface area contributed by atoms with Crippen molar-refractivity contribution in [2.45, 2.75) is 51.0 Å². The van der Waals surface area contributed by atoms with Crippen molar-refractivity contribution >= 4 is 0 Å². The number of methoxy groups -OCH3 is 1. The van der Waals surface area contributed by atoms with Gasteiger partial charge in [0.25, 0.3) is 0 Å². The highest BCUT2D eigenvalue weighted by molar-refractivity contribution is 4.89. The fraction of sp³-hybridized carbons (Fsp3) is 1.00. The van der Waals surface area contributed by atoms with E-state index in [-0.39, 0.29) is 0 Å². The number of hydrogen-bond donors (Lipinski definition) is 3. The standard InChI is InChI=1S/C10H20O5/c1-5(2)4-6-7(11)8(12)9(13)10(14-3)15-6/h5-13H,4H2,1-3H3/t6?,7-,8+,9-,10+/m0/s1. The smallest absolute Gasteiger partial charge is 0.186 e. The molecule has 1 saturated heterocycles. The molecule has 1 aliphatic rings. The first-order chi connectivity index (χ1) is 6.97. The summed E-state index contributed by atoms with van der Waals surface area (Å²) in [7, 11) is 1.39. The summed E-state index contributed by atoms with van der Waals surface area (Å²) in [5, 5.41) is 28.8. The Morgan fingerprint density at radius 3 is 2.20 bits per heavy atom. The number of rotatable bonds is 3. The highest BCUT2D eigenvalue weighted by Gasteiger charge is 2.43. The summed E-state index contributed by atoms with van der Waals surface area (Å²) in [4.78, 5) is 0. The molecule has 0 amide bonds. The van der Waals surface area contributed by atoms with Crippen molar-refractivity contribution in [3.05, 3.63) is 0 Å². The van der Waals surface area contributed by atoms with Crippen molar-refractivity contribution in [2.75, 3.05) is 7.11 Å². The van der Waals surface area contributed by atoms with Gasteiger partial charge in [-0.1, -0.05) is 13.8 Å². The summed E-state index contributed by atoms with van der Waals surface area (Å²) in [6.07, 6.45) is -4.22. The summed E-state index contributed by atoms with van der Waals surface area (Å²) in [6, 6.07) is 0. The van der Waals surface area contributed by atoms with Gasteiger partial charge in [-0.15, -0.1) is 0 Å². The molecule has 3 N–H and O–H groups in total. The van der Waals surface area contributed by atoms with Crippen LogP contribution >= 0.6 is 0 Å². The highest BCUT2D eigenvalue weighted by Crippen LogP contribution is 2.25. The van der Waals surface area contributed by atoms with Gasteiger partial charge in [0.2, 0.25) is 0 Å². The molecule has 5 heteroatoms. The molecular formula is C10H20O5. The van der Waals surface area contributed by atoms with Crippen molar-refractivity contribution < 1.29 is 24.8 Å². The minimum absolute atomic E-state index is 0.338. The third-order valence-electron chi connectivity index (χ3n) is 2.60. The summed E-state index contributed by atoms with van der Waals surface area (Å²) in [6.45, 7) is 3.99. The van der Waals surface area contributed by atoms with E-state index in [2.05, 4.69) is 0 Å². The van der Waals surface area contributed by atoms with Crippen molar-refractivity contribution in [1.29, 1.82) is 0 Å². The molecular weight excluding hydrogens is 200 g/mol. The van der Waals surface area contributed by atoms with Gasteiger partial charge in [-0.05, 0) is 12.3 Å². The monoisotopic (exact) mass is 220 g/mol. The maximum Gasteiger partial charge on any atom is 0.186 e. The number of aliphatic hydroxyl groups is 3. The van der Waals surface area contributed by atoms with E-state index in [1.807, 2.05) is 13.8 Å². The molecule has 1 heterocycles. The molecule has 15 heavy (non-hydrogen) atoms. The third-order valence-corrected chi connectivity index (χ3v) is 2.60. The Kier molecular flexibility index (Phi) is 4.48. The fourth-order valence-electron chi connectivity index (χ4n) is 1.77. The zero-order chi connectivity index (χ0) is 11.6. The molecule has 0 aromatic carbocycles. The summed E-state index contributed by atoms with van der Waals surface area (Å²) in [5.74, 6) is 0.338. The van der Waals surface area contributed by atoms with E-state index in [0.717, 1.165) is 0 Å². The van der Waals surface area contributed by atoms with Crippen LogP contribution in [0.5, 0.6) is 0 Å². The molecule has 0 radical (unpaired) electrons. The average Bonchev–Trinajstić information content (AvgIpc) is 2.18. The SMILES string of the molecule is CO[C@@H]1OC(CC(C)C)[C@H](O)[C@@H](O)[C@@H]1O. The number of hydrogen-bond acceptors (Lipinski definition) is 5. The van der Waals surface area contributed by atoms with Crippen LogP contribution in [0.4, 0.5) is 0 Å². The third kappa shape index (κ3) is 2.89. The second-order valence-corrected chi connectivity index (χ2v) is 4.38. The molecule has 0 aromatic heterocycles. The van der Waals surface area contributed by atoms with Gasteiger partial charge in [-0.25, -0.2) is 0 Å². The second-order valence-electron chi connectivity index (χ2n) is 4.38. The van der Waals surface area contributed by atoms with Crippen LogP contribution < -0.4 is 0 Å². The molecule has 0 saturated carbocycles. The fourth-order valence-corrected chi connectivity index (χ4v) is 1.77. The first kappa shape index (κ1) is 12.9. The molecule has 1 aliphatic heterocycles. The topological polar surface area (TPSA) is 79.2 Å². The van der Waals surface area contributed by atoms with Crippen LogP contribution in [0.15, 0.2) is 0 Å². The Morgan fingerprint density at radius 1 is 1.13 bits per heavy atom. The van der Waals surface area contributed by atoms with E-state index in [4.69, 9.17) is 9.47 Å². The molecule has 1 rings (SSSR count). The first-order valence-corrected chi connectivity index (χ1v) is 5.19. The van der Waals surface area contributed by atoms with Crippen LogP contribution in [0.25, 0.3) is 0 Å². The van der Waals surface area contributed by atoms with Gasteiger partial charge in [-0.3, -0.25) is 0 Å². The number of aliphatic hydroxyl groups excluding tert-OH is 3. The van der Waals surface area contributed by atoms with Crippen LogP contribution in [0.1, 0.15) is 20.3 Å². The summed E-state index contributed by atoms with van der Waals surface area (Å²) < 4.78 is 10.2. The summed E-state index contributed by atoms with van der Waals surface area (Å²) >= 11 is 0. The van der Waals surface area contributed by atoms with Crippen LogP contribution in [0.2, 0.25) is 0 Å². The lowest BCUT2D eigenvalue weighted by atomic mass is 9.93. The Morgan fingerprint density at radius 2 is 1.73 bits per heavy atom. The van der Waals surface area contributed by atoms with Crippen molar-refractivity contribution in [2.24, 2.45) is 5.92 Å². The predicted octanol–water partition coefficient (Wildman–Crippen LogP) is -0.514. The van der Waals surface area contributed by atoms with Gasteiger partial charge in [0.1, 0.15) is 18.3 Å². The maximum atomic E-state index is 9.68. The molecule has 0 spiro atoms. The largest absolute Gasteiger partial charge is 0.388 e. The van der Waals surface area contributed by atoms with Crippen molar-refractivity contribution in [1.82, 2.24) is 0 Å². The minimum Gasteiger partial charge on any atom is -0.388 e. The Bertz CT molecular complexity index is 194. The number of ether oxygens (including phenoxy) is 2. The molecule has 0 aromatic rings. The lowest BCUT2D eigenvalue weighted by Crippen LogP contribution is -2.58. The molecule has 1 unspecified atom stereocenters. The van der Waals surface area contributed by atoms with E-state index < -0.39 is 30.7 Å². The van der Waals surface area contributed by atoms with Gasteiger partial charge >= 0.3 is 0 Å². The zero-order valence-corrected chi connectivity index (χ0v) is 9.33. The first-order valence-electron chi connectivity index (χ1n) is 5.19. The van der Waals surface area contributed by atoms with Gasteiger partial charge < -0.3 is 24.8 Å². The molecule has 5 atom stereocenters.